The highest BCUT2D eigenvalue weighted by atomic mass is 79.9. The van der Waals surface area contributed by atoms with Crippen LogP contribution >= 0.6 is 15.9 Å². The second-order valence-corrected chi connectivity index (χ2v) is 5.97. The molecule has 106 valence electrons. The molecule has 4 N–H and O–H groups in total. The van der Waals surface area contributed by atoms with Gasteiger partial charge in [0.25, 0.3) is 0 Å². The van der Waals surface area contributed by atoms with E-state index >= 15 is 0 Å². The van der Waals surface area contributed by atoms with Crippen LogP contribution in [0.5, 0.6) is 5.75 Å². The normalized spacial score (nSPS) is 12.5. The molecule has 1 aromatic carbocycles. The van der Waals surface area contributed by atoms with Crippen molar-refractivity contribution in [1.82, 2.24) is 0 Å². The standard InChI is InChI=1S/C14H21BrN2O2/c1-9(2)6-10(8-16)7-13(18)17-12-5-3-4-11(15)14(12)19/h3-5,9-10,19H,6-8,16H2,1-2H3,(H,17,18)/t10-/m0/s1. The number of carbonyl (C=O) groups excluding carboxylic acids is 1. The van der Waals surface area contributed by atoms with Gasteiger partial charge in [0.15, 0.2) is 5.75 Å². The number of amides is 1. The lowest BCUT2D eigenvalue weighted by molar-refractivity contribution is -0.117. The number of hydrogen-bond donors (Lipinski definition) is 3. The number of carbonyl (C=O) groups is 1. The molecule has 5 heteroatoms. The van der Waals surface area contributed by atoms with Crippen LogP contribution in [0.2, 0.25) is 0 Å². The Morgan fingerprint density at radius 1 is 1.47 bits per heavy atom. The van der Waals surface area contributed by atoms with Gasteiger partial charge in [-0.15, -0.1) is 0 Å². The number of phenols is 1. The third-order valence-electron chi connectivity index (χ3n) is 2.87. The molecule has 4 nitrogen and oxygen atoms in total. The summed E-state index contributed by atoms with van der Waals surface area (Å²) in [5.41, 5.74) is 6.10. The van der Waals surface area contributed by atoms with Crippen molar-refractivity contribution in [2.24, 2.45) is 17.6 Å². The van der Waals surface area contributed by atoms with E-state index in [0.29, 0.717) is 29.0 Å². The van der Waals surface area contributed by atoms with Gasteiger partial charge in [-0.25, -0.2) is 0 Å². The number of benzene rings is 1. The number of anilines is 1. The molecule has 0 aliphatic heterocycles. The molecule has 0 spiro atoms. The average molecular weight is 329 g/mol. The third kappa shape index (κ3) is 5.20. The number of phenolic OH excluding ortho intramolecular Hbond substituents is 1. The third-order valence-corrected chi connectivity index (χ3v) is 3.51. The SMILES string of the molecule is CC(C)C[C@H](CN)CC(=O)Nc1cccc(Br)c1O. The molecule has 0 aliphatic rings. The van der Waals surface area contributed by atoms with E-state index in [-0.39, 0.29) is 17.6 Å². The quantitative estimate of drug-likeness (QED) is 0.702. The van der Waals surface area contributed by atoms with Gasteiger partial charge >= 0.3 is 0 Å². The van der Waals surface area contributed by atoms with E-state index in [9.17, 15) is 9.90 Å². The number of nitrogens with two attached hydrogens (primary N) is 1. The summed E-state index contributed by atoms with van der Waals surface area (Å²) in [7, 11) is 0. The Bertz CT molecular complexity index is 435. The first kappa shape index (κ1) is 16.0. The maximum atomic E-state index is 11.9. The Balaban J connectivity index is 2.62. The van der Waals surface area contributed by atoms with Crippen molar-refractivity contribution >= 4 is 27.5 Å². The monoisotopic (exact) mass is 328 g/mol. The fraction of sp³-hybridized carbons (Fsp3) is 0.500. The van der Waals surface area contributed by atoms with Crippen molar-refractivity contribution in [2.75, 3.05) is 11.9 Å². The summed E-state index contributed by atoms with van der Waals surface area (Å²) in [6, 6.07) is 5.14. The molecule has 0 unspecified atom stereocenters. The topological polar surface area (TPSA) is 75.4 Å². The smallest absolute Gasteiger partial charge is 0.224 e. The van der Waals surface area contributed by atoms with E-state index in [1.165, 1.54) is 0 Å². The molecule has 0 saturated heterocycles. The van der Waals surface area contributed by atoms with E-state index in [0.717, 1.165) is 6.42 Å². The zero-order valence-corrected chi connectivity index (χ0v) is 12.9. The molecule has 0 fully saturated rings. The second kappa shape index (κ2) is 7.50. The number of aromatic hydroxyl groups is 1. The van der Waals surface area contributed by atoms with Crippen molar-refractivity contribution < 1.29 is 9.90 Å². The first-order valence-corrected chi connectivity index (χ1v) is 7.20. The fourth-order valence-electron chi connectivity index (χ4n) is 2.01. The number of rotatable bonds is 6. The van der Waals surface area contributed by atoms with Gasteiger partial charge in [-0.05, 0) is 52.9 Å². The van der Waals surface area contributed by atoms with Crippen LogP contribution in [0.4, 0.5) is 5.69 Å². The highest BCUT2D eigenvalue weighted by Gasteiger charge is 2.15. The van der Waals surface area contributed by atoms with Crippen LogP contribution in [0.1, 0.15) is 26.7 Å². The molecule has 1 rings (SSSR count). The summed E-state index contributed by atoms with van der Waals surface area (Å²) < 4.78 is 0.558. The molecule has 0 aliphatic carbocycles. The second-order valence-electron chi connectivity index (χ2n) is 5.12. The summed E-state index contributed by atoms with van der Waals surface area (Å²) in [6.07, 6.45) is 1.30. The van der Waals surface area contributed by atoms with Crippen molar-refractivity contribution in [3.05, 3.63) is 22.7 Å². The Morgan fingerprint density at radius 3 is 2.74 bits per heavy atom. The Morgan fingerprint density at radius 2 is 2.16 bits per heavy atom. The predicted molar refractivity (Wildman–Crippen MR) is 81.1 cm³/mol. The van der Waals surface area contributed by atoms with Gasteiger partial charge in [0, 0.05) is 6.42 Å². The van der Waals surface area contributed by atoms with Gasteiger partial charge in [-0.2, -0.15) is 0 Å². The molecule has 1 amide bonds. The van der Waals surface area contributed by atoms with Crippen LogP contribution < -0.4 is 11.1 Å². The van der Waals surface area contributed by atoms with E-state index in [1.54, 1.807) is 18.2 Å². The molecule has 1 atom stereocenters. The van der Waals surface area contributed by atoms with Crippen LogP contribution in [0, 0.1) is 11.8 Å². The van der Waals surface area contributed by atoms with Gasteiger partial charge < -0.3 is 16.2 Å². The molecular formula is C14H21BrN2O2. The minimum atomic E-state index is -0.121. The predicted octanol–water partition coefficient (Wildman–Crippen LogP) is 3.10. The van der Waals surface area contributed by atoms with E-state index in [1.807, 2.05) is 0 Å². The Kier molecular flexibility index (Phi) is 6.31. The Hall–Kier alpha value is -1.07. The lowest BCUT2D eigenvalue weighted by Crippen LogP contribution is -2.23. The van der Waals surface area contributed by atoms with Crippen LogP contribution in [0.25, 0.3) is 0 Å². The van der Waals surface area contributed by atoms with Gasteiger partial charge in [0.05, 0.1) is 10.2 Å². The van der Waals surface area contributed by atoms with Crippen molar-refractivity contribution in [2.45, 2.75) is 26.7 Å². The van der Waals surface area contributed by atoms with Gasteiger partial charge in [0.1, 0.15) is 0 Å². The molecule has 0 radical (unpaired) electrons. The average Bonchev–Trinajstić information content (AvgIpc) is 2.33. The summed E-state index contributed by atoms with van der Waals surface area (Å²) in [6.45, 7) is 4.72. The van der Waals surface area contributed by atoms with Crippen LogP contribution in [-0.4, -0.2) is 17.6 Å². The van der Waals surface area contributed by atoms with E-state index < -0.39 is 0 Å². The maximum absolute atomic E-state index is 11.9. The summed E-state index contributed by atoms with van der Waals surface area (Å²) >= 11 is 3.21. The lowest BCUT2D eigenvalue weighted by atomic mass is 9.94. The zero-order valence-electron chi connectivity index (χ0n) is 11.3. The van der Waals surface area contributed by atoms with E-state index in [4.69, 9.17) is 5.73 Å². The lowest BCUT2D eigenvalue weighted by Gasteiger charge is -2.17. The van der Waals surface area contributed by atoms with Crippen LogP contribution in [-0.2, 0) is 4.79 Å². The van der Waals surface area contributed by atoms with Crippen molar-refractivity contribution in [3.8, 4) is 5.75 Å². The fourth-order valence-corrected chi connectivity index (χ4v) is 2.38. The summed E-state index contributed by atoms with van der Waals surface area (Å²) in [5, 5.41) is 12.5. The number of nitrogens with one attached hydrogen (secondary N) is 1. The minimum absolute atomic E-state index is 0.0454. The van der Waals surface area contributed by atoms with Crippen molar-refractivity contribution in [3.63, 3.8) is 0 Å². The summed E-state index contributed by atoms with van der Waals surface area (Å²) in [5.74, 6) is 0.614. The minimum Gasteiger partial charge on any atom is -0.505 e. The number of para-hydroxylation sites is 1. The molecular weight excluding hydrogens is 308 g/mol. The molecule has 0 saturated carbocycles. The zero-order chi connectivity index (χ0) is 14.4. The number of hydrogen-bond acceptors (Lipinski definition) is 3. The van der Waals surface area contributed by atoms with Crippen LogP contribution in [0.15, 0.2) is 22.7 Å². The molecule has 0 aromatic heterocycles. The summed E-state index contributed by atoms with van der Waals surface area (Å²) in [4.78, 5) is 11.9. The molecule has 0 heterocycles. The number of halogens is 1. The molecule has 1 aromatic rings. The molecule has 19 heavy (non-hydrogen) atoms. The first-order valence-electron chi connectivity index (χ1n) is 6.41. The van der Waals surface area contributed by atoms with Gasteiger partial charge in [-0.1, -0.05) is 19.9 Å². The Labute approximate surface area is 122 Å². The van der Waals surface area contributed by atoms with Crippen LogP contribution in [0.3, 0.4) is 0 Å². The molecule has 0 bridgehead atoms. The largest absolute Gasteiger partial charge is 0.505 e. The van der Waals surface area contributed by atoms with Crippen molar-refractivity contribution in [1.29, 1.82) is 0 Å². The first-order chi connectivity index (χ1) is 8.93. The highest BCUT2D eigenvalue weighted by Crippen LogP contribution is 2.31. The van der Waals surface area contributed by atoms with E-state index in [2.05, 4.69) is 35.1 Å². The maximum Gasteiger partial charge on any atom is 0.224 e. The van der Waals surface area contributed by atoms with Gasteiger partial charge in [0.2, 0.25) is 5.91 Å². The van der Waals surface area contributed by atoms with Gasteiger partial charge in [-0.3, -0.25) is 4.79 Å². The highest BCUT2D eigenvalue weighted by molar-refractivity contribution is 9.10.